The Bertz CT molecular complexity index is 845. The zero-order valence-electron chi connectivity index (χ0n) is 13.5. The zero-order chi connectivity index (χ0) is 16.4. The molecule has 1 unspecified atom stereocenters. The first-order valence-corrected chi connectivity index (χ1v) is 8.04. The fraction of sp³-hybridized carbons (Fsp3) is 0.0952. The summed E-state index contributed by atoms with van der Waals surface area (Å²) in [6, 6.07) is 18.6. The predicted octanol–water partition coefficient (Wildman–Crippen LogP) is 4.57. The second-order valence-electron chi connectivity index (χ2n) is 5.84. The van der Waals surface area contributed by atoms with E-state index < -0.39 is 0 Å². The second-order valence-corrected chi connectivity index (χ2v) is 5.84. The Balaban J connectivity index is 1.87. The van der Waals surface area contributed by atoms with Gasteiger partial charge in [-0.1, -0.05) is 71.4 Å². The van der Waals surface area contributed by atoms with Gasteiger partial charge in [-0.15, -0.1) is 0 Å². The molecule has 2 aromatic rings. The van der Waals surface area contributed by atoms with Gasteiger partial charge in [0.1, 0.15) is 0 Å². The average Bonchev–Trinajstić information content (AvgIpc) is 2.88. The largest absolute Gasteiger partial charge is 0.380 e. The van der Waals surface area contributed by atoms with E-state index in [4.69, 9.17) is 4.84 Å². The standard InChI is InChI=1S/C21H18N2O/c1-16-12-14-18(15-13-16)23-19-10-6-3-7-11-20(19)24-22-21(23)17-8-4-2-5-9-17/h2-15,20H,1H3. The molecule has 4 rings (SSSR count). The molecule has 3 nitrogen and oxygen atoms in total. The van der Waals surface area contributed by atoms with Gasteiger partial charge in [-0.05, 0) is 31.2 Å². The number of benzene rings is 2. The lowest BCUT2D eigenvalue weighted by atomic mass is 10.1. The lowest BCUT2D eigenvalue weighted by Gasteiger charge is -2.34. The molecule has 0 N–H and O–H groups in total. The van der Waals surface area contributed by atoms with Crippen LogP contribution in [0.15, 0.2) is 95.8 Å². The Morgan fingerprint density at radius 3 is 2.50 bits per heavy atom. The van der Waals surface area contributed by atoms with Crippen LogP contribution in [0.2, 0.25) is 0 Å². The van der Waals surface area contributed by atoms with E-state index >= 15 is 0 Å². The second kappa shape index (κ2) is 6.20. The van der Waals surface area contributed by atoms with Crippen molar-refractivity contribution in [3.8, 4) is 0 Å². The first kappa shape index (κ1) is 14.5. The molecule has 2 aliphatic rings. The summed E-state index contributed by atoms with van der Waals surface area (Å²) in [5.41, 5.74) is 4.38. The van der Waals surface area contributed by atoms with Gasteiger partial charge >= 0.3 is 0 Å². The van der Waals surface area contributed by atoms with Gasteiger partial charge in [0, 0.05) is 11.3 Å². The van der Waals surface area contributed by atoms with Crippen molar-refractivity contribution in [3.63, 3.8) is 0 Å². The van der Waals surface area contributed by atoms with Gasteiger partial charge < -0.3 is 4.84 Å². The summed E-state index contributed by atoms with van der Waals surface area (Å²) in [5, 5.41) is 4.43. The van der Waals surface area contributed by atoms with Crippen LogP contribution in [0.3, 0.4) is 0 Å². The number of oxime groups is 1. The molecule has 0 spiro atoms. The molecule has 2 aromatic carbocycles. The van der Waals surface area contributed by atoms with Gasteiger partial charge in [0.25, 0.3) is 0 Å². The number of anilines is 1. The highest BCUT2D eigenvalue weighted by Gasteiger charge is 2.30. The fourth-order valence-corrected chi connectivity index (χ4v) is 2.87. The predicted molar refractivity (Wildman–Crippen MR) is 97.9 cm³/mol. The molecule has 0 radical (unpaired) electrons. The number of nitrogens with zero attached hydrogens (tertiary/aromatic N) is 2. The Morgan fingerprint density at radius 2 is 1.71 bits per heavy atom. The van der Waals surface area contributed by atoms with Gasteiger partial charge in [-0.2, -0.15) is 0 Å². The van der Waals surface area contributed by atoms with Gasteiger partial charge in [-0.3, -0.25) is 4.90 Å². The number of aryl methyl sites for hydroxylation is 1. The SMILES string of the molecule is Cc1ccc(N2C3=CC=CC=CC3ON=C2c2ccccc2)cc1. The minimum absolute atomic E-state index is 0.186. The molecule has 0 amide bonds. The molecular weight excluding hydrogens is 296 g/mol. The topological polar surface area (TPSA) is 24.8 Å². The molecule has 0 saturated carbocycles. The maximum Gasteiger partial charge on any atom is 0.186 e. The molecule has 0 bridgehead atoms. The van der Waals surface area contributed by atoms with Crippen molar-refractivity contribution in [2.45, 2.75) is 13.0 Å². The average molecular weight is 314 g/mol. The van der Waals surface area contributed by atoms with Crippen molar-refractivity contribution in [1.82, 2.24) is 0 Å². The lowest BCUT2D eigenvalue weighted by Crippen LogP contribution is -2.40. The summed E-state index contributed by atoms with van der Waals surface area (Å²) in [7, 11) is 0. The van der Waals surface area contributed by atoms with Gasteiger partial charge in [0.15, 0.2) is 11.9 Å². The van der Waals surface area contributed by atoms with Crippen LogP contribution >= 0.6 is 0 Å². The summed E-state index contributed by atoms with van der Waals surface area (Å²) in [6.45, 7) is 2.09. The van der Waals surface area contributed by atoms with Crippen LogP contribution in [0, 0.1) is 6.92 Å². The van der Waals surface area contributed by atoms with Crippen LogP contribution in [0.4, 0.5) is 5.69 Å². The van der Waals surface area contributed by atoms with Gasteiger partial charge in [0.2, 0.25) is 0 Å². The number of amidine groups is 1. The number of hydrogen-bond donors (Lipinski definition) is 0. The van der Waals surface area contributed by atoms with Crippen LogP contribution in [0.5, 0.6) is 0 Å². The molecule has 1 aliphatic carbocycles. The zero-order valence-corrected chi connectivity index (χ0v) is 13.5. The van der Waals surface area contributed by atoms with E-state index in [0.29, 0.717) is 0 Å². The molecule has 1 aliphatic heterocycles. The Labute approximate surface area is 141 Å². The van der Waals surface area contributed by atoms with Crippen molar-refractivity contribution in [3.05, 3.63) is 102 Å². The highest BCUT2D eigenvalue weighted by Crippen LogP contribution is 2.30. The third kappa shape index (κ3) is 2.65. The smallest absolute Gasteiger partial charge is 0.186 e. The van der Waals surface area contributed by atoms with Crippen molar-refractivity contribution in [2.24, 2.45) is 5.16 Å². The minimum Gasteiger partial charge on any atom is -0.380 e. The summed E-state index contributed by atoms with van der Waals surface area (Å²) in [6.07, 6.45) is 9.94. The maximum atomic E-state index is 5.76. The van der Waals surface area contributed by atoms with Gasteiger partial charge in [-0.25, -0.2) is 0 Å². The van der Waals surface area contributed by atoms with E-state index in [0.717, 1.165) is 22.8 Å². The molecule has 118 valence electrons. The summed E-state index contributed by atoms with van der Waals surface area (Å²) in [5.74, 6) is 0.797. The first-order valence-electron chi connectivity index (χ1n) is 8.04. The van der Waals surface area contributed by atoms with Crippen molar-refractivity contribution < 1.29 is 4.84 Å². The van der Waals surface area contributed by atoms with E-state index in [9.17, 15) is 0 Å². The molecule has 0 saturated heterocycles. The molecule has 1 atom stereocenters. The molecule has 1 heterocycles. The lowest BCUT2D eigenvalue weighted by molar-refractivity contribution is 0.108. The Kier molecular flexibility index (Phi) is 3.75. The van der Waals surface area contributed by atoms with Crippen molar-refractivity contribution in [2.75, 3.05) is 4.90 Å². The molecule has 0 fully saturated rings. The summed E-state index contributed by atoms with van der Waals surface area (Å²) in [4.78, 5) is 7.93. The van der Waals surface area contributed by atoms with Crippen LogP contribution < -0.4 is 4.90 Å². The van der Waals surface area contributed by atoms with Crippen LogP contribution in [-0.2, 0) is 4.84 Å². The summed E-state index contributed by atoms with van der Waals surface area (Å²) >= 11 is 0. The molecule has 24 heavy (non-hydrogen) atoms. The van der Waals surface area contributed by atoms with Crippen LogP contribution in [0.25, 0.3) is 0 Å². The Morgan fingerprint density at radius 1 is 0.917 bits per heavy atom. The van der Waals surface area contributed by atoms with E-state index in [1.54, 1.807) is 0 Å². The minimum atomic E-state index is -0.186. The highest BCUT2D eigenvalue weighted by molar-refractivity contribution is 6.12. The first-order chi connectivity index (χ1) is 11.8. The monoisotopic (exact) mass is 314 g/mol. The van der Waals surface area contributed by atoms with Crippen molar-refractivity contribution >= 4 is 11.5 Å². The molecular formula is C21H18N2O. The van der Waals surface area contributed by atoms with Crippen molar-refractivity contribution in [1.29, 1.82) is 0 Å². The van der Waals surface area contributed by atoms with E-state index in [2.05, 4.69) is 47.3 Å². The molecule has 3 heteroatoms. The number of fused-ring (bicyclic) bond motifs is 1. The van der Waals surface area contributed by atoms with E-state index in [-0.39, 0.29) is 6.10 Å². The third-order valence-corrected chi connectivity index (χ3v) is 4.11. The van der Waals surface area contributed by atoms with Gasteiger partial charge in [0.05, 0.1) is 5.70 Å². The number of hydrogen-bond acceptors (Lipinski definition) is 3. The fourth-order valence-electron chi connectivity index (χ4n) is 2.87. The third-order valence-electron chi connectivity index (χ3n) is 4.11. The number of allylic oxidation sites excluding steroid dienone is 4. The quantitative estimate of drug-likeness (QED) is 0.811. The summed E-state index contributed by atoms with van der Waals surface area (Å²) < 4.78 is 0. The van der Waals surface area contributed by atoms with E-state index in [1.807, 2.05) is 54.6 Å². The maximum absolute atomic E-state index is 5.76. The van der Waals surface area contributed by atoms with E-state index in [1.165, 1.54) is 5.56 Å². The molecule has 0 aromatic heterocycles. The number of rotatable bonds is 2. The van der Waals surface area contributed by atoms with Crippen LogP contribution in [-0.4, -0.2) is 11.9 Å². The Hall–Kier alpha value is -3.07. The normalized spacial score (nSPS) is 19.0. The van der Waals surface area contributed by atoms with Crippen LogP contribution in [0.1, 0.15) is 11.1 Å². The highest BCUT2D eigenvalue weighted by atomic mass is 16.6.